The molecule has 30 heavy (non-hydrogen) atoms. The summed E-state index contributed by atoms with van der Waals surface area (Å²) in [5.41, 5.74) is 8.42. The minimum absolute atomic E-state index is 0.435. The van der Waals surface area contributed by atoms with E-state index in [1.165, 1.54) is 23.1 Å². The van der Waals surface area contributed by atoms with Crippen LogP contribution in [0.1, 0.15) is 23.6 Å². The van der Waals surface area contributed by atoms with E-state index in [0.29, 0.717) is 6.04 Å². The molecule has 152 valence electrons. The van der Waals surface area contributed by atoms with Gasteiger partial charge in [-0.25, -0.2) is 4.98 Å². The second kappa shape index (κ2) is 6.67. The fraction of sp³-hybridized carbons (Fsp3) is 0.348. The van der Waals surface area contributed by atoms with E-state index in [9.17, 15) is 0 Å². The first-order chi connectivity index (χ1) is 14.7. The first kappa shape index (κ1) is 17.7. The number of methoxy groups -OCH3 is 1. The Hall–Kier alpha value is -3.19. The molecule has 3 aromatic heterocycles. The monoisotopic (exact) mass is 400 g/mol. The molecule has 4 heterocycles. The van der Waals surface area contributed by atoms with Crippen molar-refractivity contribution in [3.8, 4) is 28.3 Å². The second-order valence-electron chi connectivity index (χ2n) is 8.39. The van der Waals surface area contributed by atoms with E-state index >= 15 is 0 Å². The normalized spacial score (nSPS) is 16.7. The van der Waals surface area contributed by atoms with Crippen molar-refractivity contribution < 1.29 is 4.74 Å². The third kappa shape index (κ3) is 2.65. The number of likely N-dealkylation sites (tertiary alicyclic amines) is 1. The number of pyridine rings is 1. The van der Waals surface area contributed by atoms with Crippen molar-refractivity contribution in [3.63, 3.8) is 0 Å². The maximum Gasteiger partial charge on any atom is 0.147 e. The number of benzene rings is 1. The van der Waals surface area contributed by atoms with E-state index in [1.54, 1.807) is 7.11 Å². The minimum atomic E-state index is 0.435. The van der Waals surface area contributed by atoms with Crippen molar-refractivity contribution >= 4 is 11.0 Å². The van der Waals surface area contributed by atoms with Crippen molar-refractivity contribution in [1.29, 1.82) is 0 Å². The molecule has 1 aliphatic heterocycles. The van der Waals surface area contributed by atoms with Gasteiger partial charge in [-0.05, 0) is 37.4 Å². The lowest BCUT2D eigenvalue weighted by Crippen LogP contribution is -2.45. The van der Waals surface area contributed by atoms with Gasteiger partial charge in [-0.1, -0.05) is 18.2 Å². The molecule has 0 radical (unpaired) electrons. The van der Waals surface area contributed by atoms with Gasteiger partial charge in [0, 0.05) is 36.5 Å². The molecule has 0 unspecified atom stereocenters. The Morgan fingerprint density at radius 2 is 2.07 bits per heavy atom. The quantitative estimate of drug-likeness (QED) is 0.568. The third-order valence-corrected chi connectivity index (χ3v) is 6.41. The summed E-state index contributed by atoms with van der Waals surface area (Å²) in [5, 5.41) is 12.3. The summed E-state index contributed by atoms with van der Waals surface area (Å²) in [6, 6.07) is 8.96. The predicted octanol–water partition coefficient (Wildman–Crippen LogP) is 3.47. The van der Waals surface area contributed by atoms with Crippen molar-refractivity contribution in [1.82, 2.24) is 29.9 Å². The summed E-state index contributed by atoms with van der Waals surface area (Å²) in [5.74, 6) is 0.770. The molecule has 7 nitrogen and oxygen atoms in total. The first-order valence-corrected chi connectivity index (χ1v) is 10.5. The molecule has 1 saturated heterocycles. The van der Waals surface area contributed by atoms with Crippen molar-refractivity contribution in [2.75, 3.05) is 27.2 Å². The zero-order chi connectivity index (χ0) is 20.2. The van der Waals surface area contributed by atoms with E-state index in [2.05, 4.69) is 51.6 Å². The standard InChI is InChI=1S/C23H24N6O/c1-28-12-16(13-28)29-11-15(10-24-29)21-23-19(26-27-21)9-20(30-2)22(25-23)18-8-4-6-14-5-3-7-17(14)18/h4,6,8-11,16H,3,5,7,12-13H2,1-2H3,(H,26,27). The number of nitrogens with zero attached hydrogens (tertiary/aromatic N) is 5. The summed E-state index contributed by atoms with van der Waals surface area (Å²) in [6.45, 7) is 2.06. The number of H-pyrrole nitrogens is 1. The van der Waals surface area contributed by atoms with Crippen LogP contribution in [0.3, 0.4) is 0 Å². The Morgan fingerprint density at radius 3 is 2.90 bits per heavy atom. The largest absolute Gasteiger partial charge is 0.494 e. The van der Waals surface area contributed by atoms with Crippen LogP contribution < -0.4 is 4.74 Å². The van der Waals surface area contributed by atoms with Crippen LogP contribution in [0.15, 0.2) is 36.7 Å². The second-order valence-corrected chi connectivity index (χ2v) is 8.39. The molecule has 0 atom stereocenters. The lowest BCUT2D eigenvalue weighted by molar-refractivity contribution is 0.130. The lowest BCUT2D eigenvalue weighted by Gasteiger charge is -2.36. The highest BCUT2D eigenvalue weighted by atomic mass is 16.5. The van der Waals surface area contributed by atoms with E-state index in [-0.39, 0.29) is 0 Å². The minimum Gasteiger partial charge on any atom is -0.494 e. The molecule has 7 heteroatoms. The maximum atomic E-state index is 5.72. The molecule has 1 N–H and O–H groups in total. The zero-order valence-corrected chi connectivity index (χ0v) is 17.2. The molecule has 1 fully saturated rings. The summed E-state index contributed by atoms with van der Waals surface area (Å²) in [4.78, 5) is 7.35. The van der Waals surface area contributed by atoms with E-state index in [4.69, 9.17) is 9.72 Å². The molecular formula is C23H24N6O. The molecule has 0 amide bonds. The summed E-state index contributed by atoms with van der Waals surface area (Å²) >= 11 is 0. The molecule has 0 bridgehead atoms. The Labute approximate surface area is 174 Å². The van der Waals surface area contributed by atoms with Crippen LogP contribution in [0.25, 0.3) is 33.5 Å². The van der Waals surface area contributed by atoms with Crippen molar-refractivity contribution in [2.24, 2.45) is 0 Å². The average Bonchev–Trinajstić information content (AvgIpc) is 3.48. The number of nitrogens with one attached hydrogen (secondary N) is 1. The zero-order valence-electron chi connectivity index (χ0n) is 17.2. The smallest absolute Gasteiger partial charge is 0.147 e. The molecule has 6 rings (SSSR count). The van der Waals surface area contributed by atoms with E-state index in [1.807, 2.05) is 16.9 Å². The average molecular weight is 400 g/mol. The number of hydrogen-bond donors (Lipinski definition) is 1. The maximum absolute atomic E-state index is 5.72. The fourth-order valence-corrected chi connectivity index (χ4v) is 4.81. The summed E-state index contributed by atoms with van der Waals surface area (Å²) in [6.07, 6.45) is 7.40. The number of aromatic nitrogens is 5. The van der Waals surface area contributed by atoms with Crippen LogP contribution >= 0.6 is 0 Å². The SMILES string of the molecule is COc1cc2[nH]nc(-c3cnn(C4CN(C)C4)c3)c2nc1-c1cccc2c1CCC2. The van der Waals surface area contributed by atoms with Gasteiger partial charge in [0.2, 0.25) is 0 Å². The fourth-order valence-electron chi connectivity index (χ4n) is 4.81. The van der Waals surface area contributed by atoms with Gasteiger partial charge < -0.3 is 9.64 Å². The van der Waals surface area contributed by atoms with Gasteiger partial charge in [0.1, 0.15) is 22.7 Å². The van der Waals surface area contributed by atoms with Crippen LogP contribution in [0.2, 0.25) is 0 Å². The summed E-state index contributed by atoms with van der Waals surface area (Å²) in [7, 11) is 3.83. The van der Waals surface area contributed by atoms with Crippen LogP contribution in [0.4, 0.5) is 0 Å². The van der Waals surface area contributed by atoms with Gasteiger partial charge in [-0.3, -0.25) is 9.78 Å². The molecule has 2 aliphatic rings. The van der Waals surface area contributed by atoms with E-state index < -0.39 is 0 Å². The predicted molar refractivity (Wildman–Crippen MR) is 116 cm³/mol. The van der Waals surface area contributed by atoms with Crippen LogP contribution in [0, 0.1) is 0 Å². The van der Waals surface area contributed by atoms with Gasteiger partial charge in [-0.15, -0.1) is 0 Å². The molecular weight excluding hydrogens is 376 g/mol. The Balaban J connectivity index is 1.47. The van der Waals surface area contributed by atoms with E-state index in [0.717, 1.165) is 59.7 Å². The highest BCUT2D eigenvalue weighted by Gasteiger charge is 2.26. The van der Waals surface area contributed by atoms with Crippen LogP contribution in [-0.4, -0.2) is 57.1 Å². The highest BCUT2D eigenvalue weighted by molar-refractivity contribution is 5.92. The topological polar surface area (TPSA) is 71.9 Å². The number of ether oxygens (including phenoxy) is 1. The molecule has 1 aliphatic carbocycles. The number of likely N-dealkylation sites (N-methyl/N-ethyl adjacent to an activating group) is 1. The number of hydrogen-bond acceptors (Lipinski definition) is 5. The molecule has 0 spiro atoms. The van der Waals surface area contributed by atoms with Gasteiger partial charge in [0.25, 0.3) is 0 Å². The van der Waals surface area contributed by atoms with Crippen molar-refractivity contribution in [2.45, 2.75) is 25.3 Å². The Morgan fingerprint density at radius 1 is 1.17 bits per heavy atom. The number of aryl methyl sites for hydroxylation is 1. The number of aromatic amines is 1. The van der Waals surface area contributed by atoms with Gasteiger partial charge in [-0.2, -0.15) is 10.2 Å². The Kier molecular flexibility index (Phi) is 3.92. The molecule has 1 aromatic carbocycles. The highest BCUT2D eigenvalue weighted by Crippen LogP contribution is 2.38. The van der Waals surface area contributed by atoms with Gasteiger partial charge in [0.15, 0.2) is 0 Å². The van der Waals surface area contributed by atoms with Crippen LogP contribution in [-0.2, 0) is 12.8 Å². The van der Waals surface area contributed by atoms with Gasteiger partial charge in [0.05, 0.1) is 24.9 Å². The van der Waals surface area contributed by atoms with Gasteiger partial charge >= 0.3 is 0 Å². The number of rotatable bonds is 4. The lowest BCUT2D eigenvalue weighted by atomic mass is 9.99. The van der Waals surface area contributed by atoms with Crippen LogP contribution in [0.5, 0.6) is 5.75 Å². The molecule has 4 aromatic rings. The number of fused-ring (bicyclic) bond motifs is 2. The summed E-state index contributed by atoms with van der Waals surface area (Å²) < 4.78 is 7.76. The third-order valence-electron chi connectivity index (χ3n) is 6.41. The molecule has 0 saturated carbocycles. The van der Waals surface area contributed by atoms with Crippen molar-refractivity contribution in [3.05, 3.63) is 47.8 Å². The Bertz CT molecular complexity index is 1250. The first-order valence-electron chi connectivity index (χ1n) is 10.5.